The van der Waals surface area contributed by atoms with Gasteiger partial charge in [0.05, 0.1) is 12.8 Å². The van der Waals surface area contributed by atoms with E-state index in [1.165, 1.54) is 5.56 Å². The maximum Gasteiger partial charge on any atom is 0.225 e. The minimum atomic E-state index is 0.345. The van der Waals surface area contributed by atoms with Gasteiger partial charge in [0.25, 0.3) is 0 Å². The third kappa shape index (κ3) is 4.67. The summed E-state index contributed by atoms with van der Waals surface area (Å²) in [5.74, 6) is 2.96. The molecule has 1 saturated heterocycles. The zero-order valence-electron chi connectivity index (χ0n) is 19.6. The van der Waals surface area contributed by atoms with Crippen molar-refractivity contribution in [1.82, 2.24) is 19.9 Å². The van der Waals surface area contributed by atoms with Crippen LogP contribution in [0.2, 0.25) is 0 Å². The van der Waals surface area contributed by atoms with Gasteiger partial charge in [-0.1, -0.05) is 18.2 Å². The van der Waals surface area contributed by atoms with E-state index in [0.717, 1.165) is 60.4 Å². The van der Waals surface area contributed by atoms with Crippen LogP contribution in [0.4, 0.5) is 11.8 Å². The van der Waals surface area contributed by atoms with Crippen LogP contribution in [0.15, 0.2) is 48.8 Å². The monoisotopic (exact) mass is 432 g/mol. The van der Waals surface area contributed by atoms with Gasteiger partial charge in [-0.15, -0.1) is 0 Å². The second-order valence-electron chi connectivity index (χ2n) is 8.70. The summed E-state index contributed by atoms with van der Waals surface area (Å²) in [6, 6.07) is 12.3. The average Bonchev–Trinajstić information content (AvgIpc) is 3.27. The molecule has 0 aliphatic carbocycles. The van der Waals surface area contributed by atoms with Gasteiger partial charge < -0.3 is 14.5 Å². The van der Waals surface area contributed by atoms with Crippen LogP contribution in [0.25, 0.3) is 11.1 Å². The quantitative estimate of drug-likeness (QED) is 0.565. The molecule has 0 amide bonds. The molecule has 32 heavy (non-hydrogen) atoms. The van der Waals surface area contributed by atoms with Crippen LogP contribution >= 0.6 is 0 Å². The van der Waals surface area contributed by atoms with Crippen LogP contribution in [-0.4, -0.2) is 68.2 Å². The second-order valence-corrected chi connectivity index (χ2v) is 8.70. The van der Waals surface area contributed by atoms with Gasteiger partial charge in [0.2, 0.25) is 5.95 Å². The summed E-state index contributed by atoms with van der Waals surface area (Å²) in [5.41, 5.74) is 4.53. The lowest BCUT2D eigenvalue weighted by Crippen LogP contribution is -2.23. The van der Waals surface area contributed by atoms with Crippen molar-refractivity contribution in [3.63, 3.8) is 0 Å². The van der Waals surface area contributed by atoms with E-state index in [9.17, 15) is 0 Å². The highest BCUT2D eigenvalue weighted by atomic mass is 16.5. The molecule has 1 fully saturated rings. The molecule has 3 heterocycles. The Morgan fingerprint density at radius 2 is 1.91 bits per heavy atom. The lowest BCUT2D eigenvalue weighted by atomic mass is 9.96. The highest BCUT2D eigenvalue weighted by Gasteiger charge is 2.29. The molecule has 1 aromatic carbocycles. The minimum absolute atomic E-state index is 0.345. The molecular weight excluding hydrogens is 400 g/mol. The van der Waals surface area contributed by atoms with E-state index in [-0.39, 0.29) is 0 Å². The Bertz CT molecular complexity index is 1070. The summed E-state index contributed by atoms with van der Waals surface area (Å²) in [6.07, 6.45) is 4.88. The Hall–Kier alpha value is -3.19. The molecule has 1 aliphatic rings. The third-order valence-electron chi connectivity index (χ3n) is 5.93. The van der Waals surface area contributed by atoms with Gasteiger partial charge in [-0.3, -0.25) is 4.90 Å². The number of anilines is 2. The van der Waals surface area contributed by atoms with Crippen LogP contribution in [0, 0.1) is 0 Å². The van der Waals surface area contributed by atoms with Gasteiger partial charge in [-0.25, -0.2) is 15.0 Å². The van der Waals surface area contributed by atoms with Gasteiger partial charge in [0.15, 0.2) is 0 Å². The normalized spacial score (nSPS) is 16.2. The molecule has 1 atom stereocenters. The third-order valence-corrected chi connectivity index (χ3v) is 5.93. The van der Waals surface area contributed by atoms with E-state index in [2.05, 4.69) is 38.0 Å². The number of hydrogen-bond donors (Lipinski definition) is 0. The number of aromatic nitrogens is 3. The van der Waals surface area contributed by atoms with Gasteiger partial charge in [0, 0.05) is 70.7 Å². The largest absolute Gasteiger partial charge is 0.497 e. The minimum Gasteiger partial charge on any atom is -0.497 e. The second kappa shape index (κ2) is 9.53. The average molecular weight is 433 g/mol. The van der Waals surface area contributed by atoms with Crippen LogP contribution in [-0.2, 0) is 6.54 Å². The van der Waals surface area contributed by atoms with E-state index in [4.69, 9.17) is 9.72 Å². The number of pyridine rings is 1. The lowest BCUT2D eigenvalue weighted by molar-refractivity contribution is 0.326. The molecule has 0 spiro atoms. The fraction of sp³-hybridized carbons (Fsp3) is 0.400. The molecule has 7 nitrogen and oxygen atoms in total. The summed E-state index contributed by atoms with van der Waals surface area (Å²) in [7, 11) is 9.75. The fourth-order valence-electron chi connectivity index (χ4n) is 4.32. The molecule has 0 saturated carbocycles. The number of rotatable bonds is 7. The zero-order valence-corrected chi connectivity index (χ0v) is 19.6. The number of ether oxygens (including phenoxy) is 1. The van der Waals surface area contributed by atoms with Crippen molar-refractivity contribution in [2.75, 3.05) is 58.2 Å². The first-order valence-corrected chi connectivity index (χ1v) is 11.0. The van der Waals surface area contributed by atoms with Crippen molar-refractivity contribution in [1.29, 1.82) is 0 Å². The lowest BCUT2D eigenvalue weighted by Gasteiger charge is -2.21. The van der Waals surface area contributed by atoms with Crippen molar-refractivity contribution in [3.05, 3.63) is 60.0 Å². The van der Waals surface area contributed by atoms with Gasteiger partial charge in [-0.05, 0) is 36.7 Å². The first kappa shape index (κ1) is 22.0. The Balaban J connectivity index is 1.62. The molecule has 168 valence electrons. The van der Waals surface area contributed by atoms with Crippen LogP contribution in [0.3, 0.4) is 0 Å². The van der Waals surface area contributed by atoms with Gasteiger partial charge >= 0.3 is 0 Å². The number of nitrogens with zero attached hydrogens (tertiary/aromatic N) is 6. The number of hydrogen-bond acceptors (Lipinski definition) is 7. The molecule has 1 aliphatic heterocycles. The molecular formula is C25H32N6O. The highest BCUT2D eigenvalue weighted by Crippen LogP contribution is 2.36. The maximum atomic E-state index is 5.45. The molecule has 7 heteroatoms. The van der Waals surface area contributed by atoms with Crippen molar-refractivity contribution in [3.8, 4) is 16.9 Å². The summed E-state index contributed by atoms with van der Waals surface area (Å²) >= 11 is 0. The topological polar surface area (TPSA) is 57.6 Å². The SMILES string of the molecule is COc1cccc(-c2cnc(N(C)C)nc2C2CCN(Cc3cccnc3N(C)C)C2)c1. The Kier molecular flexibility index (Phi) is 6.55. The molecule has 1 unspecified atom stereocenters. The Labute approximate surface area is 190 Å². The maximum absolute atomic E-state index is 5.45. The highest BCUT2D eigenvalue weighted by molar-refractivity contribution is 5.68. The summed E-state index contributed by atoms with van der Waals surface area (Å²) < 4.78 is 5.45. The predicted molar refractivity (Wildman–Crippen MR) is 130 cm³/mol. The van der Waals surface area contributed by atoms with E-state index in [1.807, 2.05) is 63.7 Å². The number of benzene rings is 1. The Morgan fingerprint density at radius 1 is 1.06 bits per heavy atom. The first-order valence-electron chi connectivity index (χ1n) is 11.0. The number of likely N-dealkylation sites (tertiary alicyclic amines) is 1. The van der Waals surface area contributed by atoms with E-state index in [0.29, 0.717) is 5.92 Å². The Morgan fingerprint density at radius 3 is 2.66 bits per heavy atom. The molecule has 4 rings (SSSR count). The fourth-order valence-corrected chi connectivity index (χ4v) is 4.32. The van der Waals surface area contributed by atoms with Crippen LogP contribution in [0.1, 0.15) is 23.6 Å². The molecule has 0 radical (unpaired) electrons. The number of methoxy groups -OCH3 is 1. The molecule has 0 N–H and O–H groups in total. The zero-order chi connectivity index (χ0) is 22.7. The van der Waals surface area contributed by atoms with E-state index in [1.54, 1.807) is 7.11 Å². The smallest absolute Gasteiger partial charge is 0.225 e. The molecule has 0 bridgehead atoms. The van der Waals surface area contributed by atoms with Crippen LogP contribution in [0.5, 0.6) is 5.75 Å². The molecule has 3 aromatic rings. The molecule has 2 aromatic heterocycles. The van der Waals surface area contributed by atoms with Crippen molar-refractivity contribution < 1.29 is 4.74 Å². The van der Waals surface area contributed by atoms with Crippen molar-refractivity contribution >= 4 is 11.8 Å². The first-order chi connectivity index (χ1) is 15.5. The summed E-state index contributed by atoms with van der Waals surface area (Å²) in [4.78, 5) is 20.7. The van der Waals surface area contributed by atoms with Gasteiger partial charge in [0.1, 0.15) is 11.6 Å². The van der Waals surface area contributed by atoms with E-state index >= 15 is 0 Å². The van der Waals surface area contributed by atoms with E-state index < -0.39 is 0 Å². The summed E-state index contributed by atoms with van der Waals surface area (Å²) in [5, 5.41) is 0. The van der Waals surface area contributed by atoms with Crippen LogP contribution < -0.4 is 14.5 Å². The predicted octanol–water partition coefficient (Wildman–Crippen LogP) is 3.67. The van der Waals surface area contributed by atoms with Crippen molar-refractivity contribution in [2.45, 2.75) is 18.9 Å². The standard InChI is InChI=1S/C25H32N6O/c1-29(2)24-20(9-7-12-26-24)17-31-13-11-19(16-31)23-22(15-27-25(28-23)30(3)4)18-8-6-10-21(14-18)32-5/h6-10,12,14-15,19H,11,13,16-17H2,1-5H3. The van der Waals surface area contributed by atoms with Gasteiger partial charge in [-0.2, -0.15) is 0 Å². The van der Waals surface area contributed by atoms with Crippen molar-refractivity contribution in [2.24, 2.45) is 0 Å². The summed E-state index contributed by atoms with van der Waals surface area (Å²) in [6.45, 7) is 2.88.